The van der Waals surface area contributed by atoms with Crippen LogP contribution >= 0.6 is 11.6 Å². The largest absolute Gasteiger partial charge is 0.380 e. The average molecular weight is 304 g/mol. The second kappa shape index (κ2) is 5.46. The predicted molar refractivity (Wildman–Crippen MR) is 71.9 cm³/mol. The molecule has 1 atom stereocenters. The van der Waals surface area contributed by atoms with E-state index < -0.39 is 10.0 Å². The van der Waals surface area contributed by atoms with Crippen molar-refractivity contribution in [1.29, 1.82) is 0 Å². The van der Waals surface area contributed by atoms with Crippen molar-refractivity contribution in [3.63, 3.8) is 0 Å². The molecular weight excluding hydrogens is 290 g/mol. The van der Waals surface area contributed by atoms with E-state index in [4.69, 9.17) is 16.3 Å². The summed E-state index contributed by atoms with van der Waals surface area (Å²) in [6.45, 7) is 1.92. The number of fused-ring (bicyclic) bond motifs is 1. The van der Waals surface area contributed by atoms with Gasteiger partial charge in [-0.2, -0.15) is 0 Å². The van der Waals surface area contributed by atoms with Crippen LogP contribution in [0, 0.1) is 0 Å². The Balaban J connectivity index is 2.40. The van der Waals surface area contributed by atoms with Gasteiger partial charge in [0, 0.05) is 19.9 Å². The number of hydrogen-bond acceptors (Lipinski definition) is 4. The Labute approximate surface area is 116 Å². The molecule has 0 spiro atoms. The van der Waals surface area contributed by atoms with Gasteiger partial charge in [0.2, 0.25) is 0 Å². The van der Waals surface area contributed by atoms with Gasteiger partial charge < -0.3 is 4.74 Å². The third kappa shape index (κ3) is 2.89. The summed E-state index contributed by atoms with van der Waals surface area (Å²) in [6.07, 6.45) is 1.37. The summed E-state index contributed by atoms with van der Waals surface area (Å²) in [7, 11) is -2.23. The topological polar surface area (TPSA) is 72.7 Å². The van der Waals surface area contributed by atoms with Crippen molar-refractivity contribution >= 4 is 27.3 Å². The number of imidazole rings is 1. The van der Waals surface area contributed by atoms with Crippen LogP contribution in [0.5, 0.6) is 0 Å². The first-order chi connectivity index (χ1) is 8.95. The quantitative estimate of drug-likeness (QED) is 0.903. The van der Waals surface area contributed by atoms with Gasteiger partial charge in [-0.15, -0.1) is 0 Å². The minimum Gasteiger partial charge on any atom is -0.380 e. The van der Waals surface area contributed by atoms with Crippen molar-refractivity contribution in [3.05, 3.63) is 29.5 Å². The summed E-state index contributed by atoms with van der Waals surface area (Å²) in [5.41, 5.74) is 0.479. The Morgan fingerprint density at radius 2 is 2.26 bits per heavy atom. The molecule has 0 saturated carbocycles. The molecule has 0 radical (unpaired) electrons. The molecule has 104 valence electrons. The molecule has 0 aliphatic rings. The summed E-state index contributed by atoms with van der Waals surface area (Å²) in [5.74, 6) is 0. The van der Waals surface area contributed by atoms with Crippen molar-refractivity contribution in [2.45, 2.75) is 18.1 Å². The van der Waals surface area contributed by atoms with Crippen LogP contribution in [0.15, 0.2) is 29.4 Å². The Morgan fingerprint density at radius 3 is 2.95 bits per heavy atom. The molecule has 8 heteroatoms. The van der Waals surface area contributed by atoms with Crippen LogP contribution in [-0.2, 0) is 14.8 Å². The maximum Gasteiger partial charge on any atom is 0.259 e. The van der Waals surface area contributed by atoms with E-state index in [0.717, 1.165) is 0 Å². The van der Waals surface area contributed by atoms with Gasteiger partial charge in [-0.3, -0.25) is 4.40 Å². The number of rotatable bonds is 5. The lowest BCUT2D eigenvalue weighted by atomic mass is 10.4. The Hall–Kier alpha value is -1.15. The van der Waals surface area contributed by atoms with Crippen molar-refractivity contribution in [2.75, 3.05) is 13.7 Å². The van der Waals surface area contributed by atoms with Crippen LogP contribution in [0.2, 0.25) is 5.15 Å². The van der Waals surface area contributed by atoms with Crippen molar-refractivity contribution in [2.24, 2.45) is 0 Å². The lowest BCUT2D eigenvalue weighted by molar-refractivity contribution is 0.122. The molecular formula is C11H14ClN3O3S. The number of pyridine rings is 1. The van der Waals surface area contributed by atoms with Gasteiger partial charge in [-0.25, -0.2) is 18.1 Å². The summed E-state index contributed by atoms with van der Waals surface area (Å²) in [6, 6.07) is 5.15. The third-order valence-corrected chi connectivity index (χ3v) is 4.49. The van der Waals surface area contributed by atoms with E-state index in [-0.39, 0.29) is 22.8 Å². The van der Waals surface area contributed by atoms with Crippen LogP contribution in [0.25, 0.3) is 5.65 Å². The summed E-state index contributed by atoms with van der Waals surface area (Å²) >= 11 is 5.92. The third-order valence-electron chi connectivity index (χ3n) is 2.66. The molecule has 0 bridgehead atoms. The molecule has 0 amide bonds. The van der Waals surface area contributed by atoms with Crippen LogP contribution in [-0.4, -0.2) is 37.6 Å². The summed E-state index contributed by atoms with van der Waals surface area (Å²) < 4.78 is 33.4. The number of nitrogens with one attached hydrogen (secondary N) is 1. The van der Waals surface area contributed by atoms with Gasteiger partial charge >= 0.3 is 0 Å². The number of sulfonamides is 1. The minimum atomic E-state index is -3.74. The zero-order valence-electron chi connectivity index (χ0n) is 10.5. The highest BCUT2D eigenvalue weighted by molar-refractivity contribution is 7.89. The average Bonchev–Trinajstić information content (AvgIpc) is 2.72. The zero-order chi connectivity index (χ0) is 14.0. The molecule has 1 N–H and O–H groups in total. The molecule has 0 saturated heterocycles. The number of ether oxygens (including phenoxy) is 1. The maximum absolute atomic E-state index is 12.2. The number of nitrogens with zero attached hydrogens (tertiary/aromatic N) is 2. The predicted octanol–water partition coefficient (Wildman–Crippen LogP) is 1.30. The SMILES string of the molecule is COC(C)CNS(=O)(=O)c1c(Cl)nc2ccccn12. The second-order valence-corrected chi connectivity index (χ2v) is 6.08. The molecule has 19 heavy (non-hydrogen) atoms. The number of aromatic nitrogens is 2. The highest BCUT2D eigenvalue weighted by atomic mass is 35.5. The summed E-state index contributed by atoms with van der Waals surface area (Å²) in [4.78, 5) is 4.00. The summed E-state index contributed by atoms with van der Waals surface area (Å²) in [5, 5.41) is -0.114. The van der Waals surface area contributed by atoms with Gasteiger partial charge in [0.25, 0.3) is 10.0 Å². The molecule has 1 unspecified atom stereocenters. The second-order valence-electron chi connectivity index (χ2n) is 4.03. The van der Waals surface area contributed by atoms with E-state index in [0.29, 0.717) is 5.65 Å². The molecule has 2 aromatic rings. The van der Waals surface area contributed by atoms with Crippen molar-refractivity contribution < 1.29 is 13.2 Å². The standard InChI is InChI=1S/C11H14ClN3O3S/c1-8(18-2)7-13-19(16,17)11-10(12)14-9-5-3-4-6-15(9)11/h3-6,8,13H,7H2,1-2H3. The van der Waals surface area contributed by atoms with E-state index in [1.165, 1.54) is 11.5 Å². The number of halogens is 1. The first kappa shape index (κ1) is 14.3. The highest BCUT2D eigenvalue weighted by Gasteiger charge is 2.24. The monoisotopic (exact) mass is 303 g/mol. The fourth-order valence-corrected chi connectivity index (χ4v) is 3.32. The Kier molecular flexibility index (Phi) is 4.10. The van der Waals surface area contributed by atoms with Crippen molar-refractivity contribution in [1.82, 2.24) is 14.1 Å². The molecule has 0 fully saturated rings. The Morgan fingerprint density at radius 1 is 1.53 bits per heavy atom. The first-order valence-corrected chi connectivity index (χ1v) is 7.47. The van der Waals surface area contributed by atoms with Gasteiger partial charge in [0.1, 0.15) is 5.65 Å². The van der Waals surface area contributed by atoms with E-state index in [1.807, 2.05) is 0 Å². The Bertz CT molecular complexity index is 684. The van der Waals surface area contributed by atoms with Crippen LogP contribution in [0.3, 0.4) is 0 Å². The van der Waals surface area contributed by atoms with Crippen LogP contribution < -0.4 is 4.72 Å². The smallest absolute Gasteiger partial charge is 0.259 e. The van der Waals surface area contributed by atoms with Gasteiger partial charge in [-0.05, 0) is 19.1 Å². The first-order valence-electron chi connectivity index (χ1n) is 5.60. The van der Waals surface area contributed by atoms with Crippen LogP contribution in [0.1, 0.15) is 6.92 Å². The lowest BCUT2D eigenvalue weighted by Gasteiger charge is -2.11. The molecule has 2 heterocycles. The molecule has 0 aliphatic heterocycles. The van der Waals surface area contributed by atoms with E-state index in [2.05, 4.69) is 9.71 Å². The number of methoxy groups -OCH3 is 1. The lowest BCUT2D eigenvalue weighted by Crippen LogP contribution is -2.32. The van der Waals surface area contributed by atoms with Gasteiger partial charge in [-0.1, -0.05) is 17.7 Å². The minimum absolute atomic E-state index is 0.0521. The molecule has 6 nitrogen and oxygen atoms in total. The number of hydrogen-bond donors (Lipinski definition) is 1. The molecule has 2 aromatic heterocycles. The zero-order valence-corrected chi connectivity index (χ0v) is 12.1. The fourth-order valence-electron chi connectivity index (χ4n) is 1.56. The maximum atomic E-state index is 12.2. The van der Waals surface area contributed by atoms with Gasteiger partial charge in [0.05, 0.1) is 6.10 Å². The fraction of sp³-hybridized carbons (Fsp3) is 0.364. The molecule has 2 rings (SSSR count). The van der Waals surface area contributed by atoms with E-state index >= 15 is 0 Å². The van der Waals surface area contributed by atoms with Gasteiger partial charge in [0.15, 0.2) is 10.2 Å². The van der Waals surface area contributed by atoms with Crippen LogP contribution in [0.4, 0.5) is 0 Å². The van der Waals surface area contributed by atoms with E-state index in [1.54, 1.807) is 31.3 Å². The molecule has 0 aliphatic carbocycles. The normalized spacial score (nSPS) is 13.8. The van der Waals surface area contributed by atoms with E-state index in [9.17, 15) is 8.42 Å². The highest BCUT2D eigenvalue weighted by Crippen LogP contribution is 2.22. The molecule has 0 aromatic carbocycles. The van der Waals surface area contributed by atoms with Crippen molar-refractivity contribution in [3.8, 4) is 0 Å².